The van der Waals surface area contributed by atoms with Crippen LogP contribution in [0.5, 0.6) is 0 Å². The maximum Gasteiger partial charge on any atom is 0.0552 e. The van der Waals surface area contributed by atoms with Gasteiger partial charge in [0, 0.05) is 20.9 Å². The zero-order chi connectivity index (χ0) is 14.4. The van der Waals surface area contributed by atoms with E-state index in [-0.39, 0.29) is 0 Å². The van der Waals surface area contributed by atoms with E-state index in [4.69, 9.17) is 0 Å². The highest BCUT2D eigenvalue weighted by Crippen LogP contribution is 2.36. The highest BCUT2D eigenvalue weighted by molar-refractivity contribution is 9.10. The maximum absolute atomic E-state index is 3.71. The van der Waals surface area contributed by atoms with Gasteiger partial charge in [-0.1, -0.05) is 52.3 Å². The monoisotopic (exact) mass is 335 g/mol. The molecule has 1 aromatic heterocycles. The Morgan fingerprint density at radius 1 is 0.810 bits per heavy atom. The number of hydrogen-bond acceptors (Lipinski definition) is 0. The number of benzene rings is 3. The van der Waals surface area contributed by atoms with Crippen LogP contribution in [0.2, 0.25) is 0 Å². The molecule has 1 heterocycles. The molecule has 0 bridgehead atoms. The lowest BCUT2D eigenvalue weighted by molar-refractivity contribution is 1.18. The van der Waals surface area contributed by atoms with Crippen LogP contribution in [-0.4, -0.2) is 4.57 Å². The summed E-state index contributed by atoms with van der Waals surface area (Å²) in [6.07, 6.45) is 0. The molecule has 102 valence electrons. The summed E-state index contributed by atoms with van der Waals surface area (Å²) in [5.74, 6) is 0. The van der Waals surface area contributed by atoms with Crippen molar-refractivity contribution in [3.05, 3.63) is 76.8 Å². The number of halogens is 1. The Morgan fingerprint density at radius 3 is 2.43 bits per heavy atom. The second kappa shape index (κ2) is 4.74. The minimum atomic E-state index is 1.14. The quantitative estimate of drug-likeness (QED) is 0.411. The van der Waals surface area contributed by atoms with Crippen molar-refractivity contribution >= 4 is 37.7 Å². The van der Waals surface area contributed by atoms with Crippen molar-refractivity contribution in [3.8, 4) is 5.69 Å². The zero-order valence-corrected chi connectivity index (χ0v) is 13.3. The van der Waals surface area contributed by atoms with Gasteiger partial charge in [0.05, 0.1) is 11.0 Å². The summed E-state index contributed by atoms with van der Waals surface area (Å²) in [5.41, 5.74) is 4.96. The van der Waals surface area contributed by atoms with Gasteiger partial charge in [0.15, 0.2) is 0 Å². The zero-order valence-electron chi connectivity index (χ0n) is 11.7. The molecule has 4 rings (SSSR count). The molecule has 0 saturated carbocycles. The fourth-order valence-electron chi connectivity index (χ4n) is 2.99. The largest absolute Gasteiger partial charge is 0.309 e. The molecule has 4 aromatic rings. The van der Waals surface area contributed by atoms with Gasteiger partial charge in [0.25, 0.3) is 0 Å². The van der Waals surface area contributed by atoms with Crippen LogP contribution >= 0.6 is 15.9 Å². The van der Waals surface area contributed by atoms with Crippen LogP contribution in [-0.2, 0) is 0 Å². The molecular formula is C19H14BrN. The highest BCUT2D eigenvalue weighted by atomic mass is 79.9. The number of fused-ring (bicyclic) bond motifs is 3. The van der Waals surface area contributed by atoms with Gasteiger partial charge in [-0.05, 0) is 42.8 Å². The van der Waals surface area contributed by atoms with E-state index >= 15 is 0 Å². The summed E-state index contributed by atoms with van der Waals surface area (Å²) in [7, 11) is 0. The molecule has 0 aliphatic heterocycles. The van der Waals surface area contributed by atoms with Gasteiger partial charge in [0.1, 0.15) is 0 Å². The van der Waals surface area contributed by atoms with Gasteiger partial charge in [-0.3, -0.25) is 0 Å². The lowest BCUT2D eigenvalue weighted by atomic mass is 10.1. The van der Waals surface area contributed by atoms with Crippen molar-refractivity contribution < 1.29 is 0 Å². The first kappa shape index (κ1) is 12.7. The van der Waals surface area contributed by atoms with E-state index < -0.39 is 0 Å². The summed E-state index contributed by atoms with van der Waals surface area (Å²) in [4.78, 5) is 0. The summed E-state index contributed by atoms with van der Waals surface area (Å²) in [6, 6.07) is 23.6. The summed E-state index contributed by atoms with van der Waals surface area (Å²) in [5, 5.41) is 2.56. The Hall–Kier alpha value is -2.06. The van der Waals surface area contributed by atoms with Crippen LogP contribution in [0.25, 0.3) is 27.5 Å². The van der Waals surface area contributed by atoms with Gasteiger partial charge >= 0.3 is 0 Å². The average molecular weight is 336 g/mol. The van der Waals surface area contributed by atoms with Gasteiger partial charge in [-0.2, -0.15) is 0 Å². The number of nitrogens with zero attached hydrogens (tertiary/aromatic N) is 1. The van der Waals surface area contributed by atoms with Crippen LogP contribution in [0.3, 0.4) is 0 Å². The maximum atomic E-state index is 3.71. The van der Waals surface area contributed by atoms with E-state index in [1.54, 1.807) is 0 Å². The Labute approximate surface area is 132 Å². The van der Waals surface area contributed by atoms with E-state index in [1.807, 2.05) is 0 Å². The third-order valence-corrected chi connectivity index (χ3v) is 4.57. The number of para-hydroxylation sites is 1. The average Bonchev–Trinajstić information content (AvgIpc) is 2.82. The van der Waals surface area contributed by atoms with Crippen molar-refractivity contribution in [1.29, 1.82) is 0 Å². The summed E-state index contributed by atoms with van der Waals surface area (Å²) < 4.78 is 3.48. The van der Waals surface area contributed by atoms with Gasteiger partial charge in [-0.25, -0.2) is 0 Å². The van der Waals surface area contributed by atoms with E-state index in [0.717, 1.165) is 4.47 Å². The Balaban J connectivity index is 2.26. The van der Waals surface area contributed by atoms with Crippen molar-refractivity contribution in [3.63, 3.8) is 0 Å². The van der Waals surface area contributed by atoms with Crippen molar-refractivity contribution in [2.75, 3.05) is 0 Å². The molecule has 0 radical (unpaired) electrons. The fraction of sp³-hybridized carbons (Fsp3) is 0.0526. The highest BCUT2D eigenvalue weighted by Gasteiger charge is 2.13. The Kier molecular flexibility index (Phi) is 2.86. The first-order valence-corrected chi connectivity index (χ1v) is 7.80. The first-order chi connectivity index (χ1) is 10.3. The Morgan fingerprint density at radius 2 is 1.62 bits per heavy atom. The molecule has 0 aliphatic rings. The third-order valence-electron chi connectivity index (χ3n) is 3.91. The lowest BCUT2D eigenvalue weighted by Gasteiger charge is -2.07. The standard InChI is InChI=1S/C19H14BrN/c1-13-10-11-15-18(12-13)21(14-6-3-2-4-7-14)17-9-5-8-16(20)19(15)17/h2-12H,1H3. The normalized spacial score (nSPS) is 11.3. The van der Waals surface area contributed by atoms with E-state index in [2.05, 4.69) is 94.2 Å². The number of hydrogen-bond donors (Lipinski definition) is 0. The second-order valence-electron chi connectivity index (χ2n) is 5.33. The molecule has 21 heavy (non-hydrogen) atoms. The molecular weight excluding hydrogens is 322 g/mol. The van der Waals surface area contributed by atoms with E-state index in [9.17, 15) is 0 Å². The second-order valence-corrected chi connectivity index (χ2v) is 6.18. The molecule has 0 aliphatic carbocycles. The van der Waals surface area contributed by atoms with Crippen LogP contribution in [0, 0.1) is 6.92 Å². The molecule has 0 fully saturated rings. The SMILES string of the molecule is Cc1ccc2c3c(Br)cccc3n(-c3ccccc3)c2c1. The molecule has 0 atom stereocenters. The van der Waals surface area contributed by atoms with E-state index in [1.165, 1.54) is 33.1 Å². The number of aryl methyl sites for hydroxylation is 1. The number of rotatable bonds is 1. The Bertz CT molecular complexity index is 952. The topological polar surface area (TPSA) is 4.93 Å². The van der Waals surface area contributed by atoms with Crippen LogP contribution in [0.4, 0.5) is 0 Å². The van der Waals surface area contributed by atoms with E-state index in [0.29, 0.717) is 0 Å². The molecule has 1 nitrogen and oxygen atoms in total. The van der Waals surface area contributed by atoms with Crippen molar-refractivity contribution in [2.24, 2.45) is 0 Å². The smallest absolute Gasteiger partial charge is 0.0552 e. The van der Waals surface area contributed by atoms with Gasteiger partial charge < -0.3 is 4.57 Å². The van der Waals surface area contributed by atoms with Gasteiger partial charge in [-0.15, -0.1) is 0 Å². The third kappa shape index (κ3) is 1.90. The summed E-state index contributed by atoms with van der Waals surface area (Å²) in [6.45, 7) is 2.14. The van der Waals surface area contributed by atoms with Crippen LogP contribution in [0.15, 0.2) is 71.2 Å². The number of aromatic nitrogens is 1. The molecule has 0 spiro atoms. The minimum absolute atomic E-state index is 1.14. The van der Waals surface area contributed by atoms with Crippen molar-refractivity contribution in [2.45, 2.75) is 6.92 Å². The van der Waals surface area contributed by atoms with Gasteiger partial charge in [0.2, 0.25) is 0 Å². The van der Waals surface area contributed by atoms with Crippen molar-refractivity contribution in [1.82, 2.24) is 4.57 Å². The van der Waals surface area contributed by atoms with Crippen LogP contribution in [0.1, 0.15) is 5.56 Å². The van der Waals surface area contributed by atoms with Crippen LogP contribution < -0.4 is 0 Å². The predicted octanol–water partition coefficient (Wildman–Crippen LogP) is 5.85. The molecule has 3 aromatic carbocycles. The minimum Gasteiger partial charge on any atom is -0.309 e. The fourth-order valence-corrected chi connectivity index (χ4v) is 3.56. The summed E-state index contributed by atoms with van der Waals surface area (Å²) >= 11 is 3.71. The molecule has 2 heteroatoms. The molecule has 0 amide bonds. The predicted molar refractivity (Wildman–Crippen MR) is 93.2 cm³/mol. The molecule has 0 saturated heterocycles. The first-order valence-electron chi connectivity index (χ1n) is 7.00. The molecule has 0 unspecified atom stereocenters. The molecule has 0 N–H and O–H groups in total. The lowest BCUT2D eigenvalue weighted by Crippen LogP contribution is -1.93.